The molecule has 1 fully saturated rings. The van der Waals surface area contributed by atoms with Gasteiger partial charge in [0.25, 0.3) is 11.8 Å². The highest BCUT2D eigenvalue weighted by molar-refractivity contribution is 9.10. The van der Waals surface area contributed by atoms with Gasteiger partial charge in [0.1, 0.15) is 5.75 Å². The molecule has 1 aliphatic heterocycles. The number of hydrogen-bond acceptors (Lipinski definition) is 4. The molecule has 6 nitrogen and oxygen atoms in total. The number of likely N-dealkylation sites (N-methyl/N-ethyl adjacent to an activating group) is 1. The van der Waals surface area contributed by atoms with E-state index >= 15 is 0 Å². The van der Waals surface area contributed by atoms with Gasteiger partial charge in [-0.05, 0) is 59.7 Å². The molecular weight excluding hydrogens is 470 g/mol. The number of amides is 2. The lowest BCUT2D eigenvalue weighted by Crippen LogP contribution is -2.47. The summed E-state index contributed by atoms with van der Waals surface area (Å²) in [6.45, 7) is 5.91. The minimum Gasteiger partial charge on any atom is -0.492 e. The van der Waals surface area contributed by atoms with Gasteiger partial charge in [-0.15, -0.1) is 0 Å². The number of anilines is 1. The van der Waals surface area contributed by atoms with E-state index in [-0.39, 0.29) is 11.8 Å². The average Bonchev–Trinajstić information content (AvgIpc) is 2.80. The van der Waals surface area contributed by atoms with Crippen molar-refractivity contribution in [2.75, 3.05) is 45.2 Å². The number of piperazine rings is 1. The lowest BCUT2D eigenvalue weighted by molar-refractivity contribution is 0.0665. The maximum absolute atomic E-state index is 13.0. The lowest BCUT2D eigenvalue weighted by Gasteiger charge is -2.32. The number of unbranched alkanes of at least 4 members (excludes halogenated alkanes) is 3. The molecule has 0 spiro atoms. The Morgan fingerprint density at radius 3 is 2.50 bits per heavy atom. The maximum Gasteiger partial charge on any atom is 0.256 e. The van der Waals surface area contributed by atoms with Gasteiger partial charge in [0, 0.05) is 31.7 Å². The highest BCUT2D eigenvalue weighted by Gasteiger charge is 2.23. The largest absolute Gasteiger partial charge is 0.492 e. The third-order valence-electron chi connectivity index (χ3n) is 5.65. The first kappa shape index (κ1) is 24.3. The van der Waals surface area contributed by atoms with Gasteiger partial charge in [-0.1, -0.05) is 38.3 Å². The van der Waals surface area contributed by atoms with Crippen molar-refractivity contribution in [1.82, 2.24) is 9.80 Å². The molecule has 1 saturated heterocycles. The van der Waals surface area contributed by atoms with Crippen molar-refractivity contribution in [2.24, 2.45) is 0 Å². The quantitative estimate of drug-likeness (QED) is 0.488. The average molecular weight is 502 g/mol. The van der Waals surface area contributed by atoms with Crippen molar-refractivity contribution in [3.63, 3.8) is 0 Å². The molecule has 0 unspecified atom stereocenters. The predicted molar refractivity (Wildman–Crippen MR) is 132 cm³/mol. The van der Waals surface area contributed by atoms with Crippen molar-refractivity contribution >= 4 is 33.4 Å². The van der Waals surface area contributed by atoms with Crippen molar-refractivity contribution in [3.05, 3.63) is 58.1 Å². The minimum absolute atomic E-state index is 0.0537. The van der Waals surface area contributed by atoms with Crippen molar-refractivity contribution in [3.8, 4) is 5.75 Å². The number of ether oxygens (including phenoxy) is 1. The summed E-state index contributed by atoms with van der Waals surface area (Å²) in [6, 6.07) is 12.5. The Morgan fingerprint density at radius 2 is 1.78 bits per heavy atom. The Balaban J connectivity index is 1.64. The van der Waals surface area contributed by atoms with E-state index in [0.717, 1.165) is 36.2 Å². The van der Waals surface area contributed by atoms with Gasteiger partial charge in [0.15, 0.2) is 0 Å². The van der Waals surface area contributed by atoms with Crippen LogP contribution in [-0.2, 0) is 0 Å². The van der Waals surface area contributed by atoms with Crippen molar-refractivity contribution in [1.29, 1.82) is 0 Å². The first-order chi connectivity index (χ1) is 15.5. The van der Waals surface area contributed by atoms with Crippen LogP contribution in [-0.4, -0.2) is 61.4 Å². The zero-order valence-corrected chi connectivity index (χ0v) is 20.5. The Hall–Kier alpha value is -2.38. The first-order valence-electron chi connectivity index (χ1n) is 11.3. The van der Waals surface area contributed by atoms with Crippen LogP contribution in [0.1, 0.15) is 53.3 Å². The molecule has 7 heteroatoms. The molecular formula is C25H32BrN3O3. The number of rotatable bonds is 9. The van der Waals surface area contributed by atoms with Gasteiger partial charge >= 0.3 is 0 Å². The number of halogens is 1. The molecule has 0 bridgehead atoms. The van der Waals surface area contributed by atoms with Gasteiger partial charge in [-0.2, -0.15) is 0 Å². The van der Waals surface area contributed by atoms with E-state index in [1.54, 1.807) is 30.3 Å². The Bertz CT molecular complexity index is 926. The van der Waals surface area contributed by atoms with E-state index in [0.29, 0.717) is 36.5 Å². The molecule has 1 aliphatic rings. The molecule has 0 saturated carbocycles. The Morgan fingerprint density at radius 1 is 1.03 bits per heavy atom. The van der Waals surface area contributed by atoms with Crippen LogP contribution in [0, 0.1) is 0 Å². The standard InChI is InChI=1S/C25H32BrN3O3/c1-3-4-5-8-17-32-23-12-11-19(18-21(23)26)24(30)27-22-10-7-6-9-20(22)25(31)29-15-13-28(2)14-16-29/h6-7,9-12,18H,3-5,8,13-17H2,1-2H3,(H,27,30). The second-order valence-corrected chi connectivity index (χ2v) is 9.00. The summed E-state index contributed by atoms with van der Waals surface area (Å²) in [6.07, 6.45) is 4.57. The summed E-state index contributed by atoms with van der Waals surface area (Å²) in [7, 11) is 2.05. The van der Waals surface area contributed by atoms with Gasteiger partial charge in [0.05, 0.1) is 22.3 Å². The third-order valence-corrected chi connectivity index (χ3v) is 6.27. The van der Waals surface area contributed by atoms with E-state index in [1.165, 1.54) is 12.8 Å². The van der Waals surface area contributed by atoms with Gasteiger partial charge in [0.2, 0.25) is 0 Å². The second-order valence-electron chi connectivity index (χ2n) is 8.15. The number of nitrogens with one attached hydrogen (secondary N) is 1. The molecule has 1 heterocycles. The summed E-state index contributed by atoms with van der Waals surface area (Å²) < 4.78 is 6.57. The molecule has 32 heavy (non-hydrogen) atoms. The van der Waals surface area contributed by atoms with Crippen LogP contribution in [0.4, 0.5) is 5.69 Å². The van der Waals surface area contributed by atoms with Crippen LogP contribution in [0.3, 0.4) is 0 Å². The van der Waals surface area contributed by atoms with Gasteiger partial charge in [-0.3, -0.25) is 9.59 Å². The number of benzene rings is 2. The molecule has 2 aromatic carbocycles. The molecule has 2 aromatic rings. The zero-order chi connectivity index (χ0) is 22.9. The summed E-state index contributed by atoms with van der Waals surface area (Å²) in [5, 5.41) is 2.91. The monoisotopic (exact) mass is 501 g/mol. The number of hydrogen-bond donors (Lipinski definition) is 1. The van der Waals surface area contributed by atoms with Crippen LogP contribution in [0.2, 0.25) is 0 Å². The topological polar surface area (TPSA) is 61.9 Å². The fourth-order valence-corrected chi connectivity index (χ4v) is 4.12. The molecule has 3 rings (SSSR count). The van der Waals surface area contributed by atoms with Gasteiger partial charge in [-0.25, -0.2) is 0 Å². The zero-order valence-electron chi connectivity index (χ0n) is 18.9. The van der Waals surface area contributed by atoms with Crippen molar-refractivity contribution < 1.29 is 14.3 Å². The normalized spacial score (nSPS) is 14.3. The molecule has 172 valence electrons. The summed E-state index contributed by atoms with van der Waals surface area (Å²) in [5.41, 5.74) is 1.53. The van der Waals surface area contributed by atoms with Crippen LogP contribution >= 0.6 is 15.9 Å². The molecule has 2 amide bonds. The fraction of sp³-hybridized carbons (Fsp3) is 0.440. The predicted octanol–water partition coefficient (Wildman–Crippen LogP) is 5.05. The second kappa shape index (κ2) is 12.0. The third kappa shape index (κ3) is 6.56. The lowest BCUT2D eigenvalue weighted by atomic mass is 10.1. The van der Waals surface area contributed by atoms with E-state index in [1.807, 2.05) is 17.0 Å². The van der Waals surface area contributed by atoms with Crippen molar-refractivity contribution in [2.45, 2.75) is 32.6 Å². The number of carbonyl (C=O) groups is 2. The van der Waals surface area contributed by atoms with E-state index in [4.69, 9.17) is 4.74 Å². The Labute approximate surface area is 199 Å². The van der Waals surface area contributed by atoms with Gasteiger partial charge < -0.3 is 19.9 Å². The van der Waals surface area contributed by atoms with Crippen LogP contribution in [0.5, 0.6) is 5.75 Å². The highest BCUT2D eigenvalue weighted by Crippen LogP contribution is 2.27. The van der Waals surface area contributed by atoms with E-state index in [2.05, 4.69) is 40.1 Å². The summed E-state index contributed by atoms with van der Waals surface area (Å²) >= 11 is 3.51. The molecule has 0 aromatic heterocycles. The van der Waals surface area contributed by atoms with Crippen LogP contribution < -0.4 is 10.1 Å². The fourth-order valence-electron chi connectivity index (χ4n) is 3.62. The maximum atomic E-state index is 13.0. The smallest absolute Gasteiger partial charge is 0.256 e. The SMILES string of the molecule is CCCCCCOc1ccc(C(=O)Nc2ccccc2C(=O)N2CCN(C)CC2)cc1Br. The number of para-hydroxylation sites is 1. The summed E-state index contributed by atoms with van der Waals surface area (Å²) in [5.74, 6) is 0.407. The highest BCUT2D eigenvalue weighted by atomic mass is 79.9. The number of nitrogens with zero attached hydrogens (tertiary/aromatic N) is 2. The van der Waals surface area contributed by atoms with E-state index < -0.39 is 0 Å². The molecule has 0 radical (unpaired) electrons. The Kier molecular flexibility index (Phi) is 9.11. The number of carbonyl (C=O) groups excluding carboxylic acids is 2. The first-order valence-corrected chi connectivity index (χ1v) is 12.1. The molecule has 0 aliphatic carbocycles. The summed E-state index contributed by atoms with van der Waals surface area (Å²) in [4.78, 5) is 30.0. The van der Waals surface area contributed by atoms with E-state index in [9.17, 15) is 9.59 Å². The minimum atomic E-state index is -0.265. The van der Waals surface area contributed by atoms with Crippen LogP contribution in [0.25, 0.3) is 0 Å². The molecule has 0 atom stereocenters. The molecule has 1 N–H and O–H groups in total. The van der Waals surface area contributed by atoms with Crippen LogP contribution in [0.15, 0.2) is 46.9 Å².